The van der Waals surface area contributed by atoms with Gasteiger partial charge in [-0.05, 0) is 141 Å². The summed E-state index contributed by atoms with van der Waals surface area (Å²) in [4.78, 5) is 82.2. The molecule has 0 aromatic carbocycles. The Morgan fingerprint density at radius 1 is 0.232 bits per heavy atom. The lowest BCUT2D eigenvalue weighted by atomic mass is 9.95. The number of carboxylic acid groups (broad SMARTS) is 1. The van der Waals surface area contributed by atoms with Gasteiger partial charge in [-0.25, -0.2) is 9.59 Å². The van der Waals surface area contributed by atoms with Gasteiger partial charge in [0, 0.05) is 78.0 Å². The van der Waals surface area contributed by atoms with Gasteiger partial charge >= 0.3 is 36.2 Å². The van der Waals surface area contributed by atoms with Gasteiger partial charge < -0.3 is 53.2 Å². The number of nitrogens with zero attached hydrogens (tertiary/aromatic N) is 4. The first kappa shape index (κ1) is 125. The average molecular weight is 1780 g/mol. The molecule has 0 bridgehead atoms. The van der Waals surface area contributed by atoms with Crippen LogP contribution in [0.4, 0.5) is 9.59 Å². The monoisotopic (exact) mass is 1780 g/mol. The Morgan fingerprint density at radius 3 is 0.712 bits per heavy atom. The third-order valence-corrected chi connectivity index (χ3v) is 25.0. The Kier molecular flexibility index (Phi) is 103. The SMILES string of the molecule is CCCCCCCCC(CCCCCC)COC(=O)CCCCCCCCC(CCCCCC)OC(=O)OCCN(CCO)CCN(CC)CC.CCCCCCCCCC(=O)O.CCCCCCCCCC(=O)OCCN(CCOC(=O)OC(CCCCCC)CCCCCCCCC(=O)OCC(CCCCCC)CCCCCCCC)CCN(CC)CC. The highest BCUT2D eigenvalue weighted by molar-refractivity contribution is 5.70. The van der Waals surface area contributed by atoms with Crippen LogP contribution in [0.15, 0.2) is 0 Å². The Balaban J connectivity index is -0.00000212. The molecule has 2 N–H and O–H groups in total. The molecule has 19 nitrogen and oxygen atoms in total. The second kappa shape index (κ2) is 102. The van der Waals surface area contributed by atoms with E-state index in [0.29, 0.717) is 83.5 Å². The third-order valence-electron chi connectivity index (χ3n) is 25.0. The Hall–Kier alpha value is -3.78. The minimum absolute atomic E-state index is 0.0211. The molecule has 0 aromatic heterocycles. The Morgan fingerprint density at radius 2 is 0.448 bits per heavy atom. The summed E-state index contributed by atoms with van der Waals surface area (Å²) in [6.45, 7) is 38.5. The summed E-state index contributed by atoms with van der Waals surface area (Å²) in [5, 5.41) is 17.8. The van der Waals surface area contributed by atoms with Crippen molar-refractivity contribution in [1.82, 2.24) is 19.6 Å². The van der Waals surface area contributed by atoms with Crippen molar-refractivity contribution >= 4 is 36.2 Å². The minimum Gasteiger partial charge on any atom is -0.481 e. The second-order valence-corrected chi connectivity index (χ2v) is 36.4. The molecule has 4 atom stereocenters. The topological polar surface area (TPSA) is 220 Å². The van der Waals surface area contributed by atoms with Crippen LogP contribution in [-0.4, -0.2) is 196 Å². The lowest BCUT2D eigenvalue weighted by Crippen LogP contribution is -2.39. The van der Waals surface area contributed by atoms with Gasteiger partial charge in [0.05, 0.1) is 19.8 Å². The van der Waals surface area contributed by atoms with Gasteiger partial charge in [0.2, 0.25) is 0 Å². The maximum atomic E-state index is 12.9. The van der Waals surface area contributed by atoms with E-state index < -0.39 is 18.3 Å². The number of carboxylic acids is 1. The molecule has 0 aliphatic rings. The Bertz CT molecular complexity index is 2240. The van der Waals surface area contributed by atoms with E-state index in [1.807, 2.05) is 0 Å². The molecule has 0 heterocycles. The largest absolute Gasteiger partial charge is 0.508 e. The lowest BCUT2D eigenvalue weighted by Gasteiger charge is -2.26. The molecular weight excluding hydrogens is 1570 g/mol. The number of aliphatic hydroxyl groups is 1. The number of carbonyl (C=O) groups excluding carboxylic acids is 5. The number of rotatable bonds is 95. The molecule has 0 aromatic rings. The van der Waals surface area contributed by atoms with Gasteiger partial charge in [-0.15, -0.1) is 0 Å². The van der Waals surface area contributed by atoms with Crippen molar-refractivity contribution < 1.29 is 72.1 Å². The number of esters is 3. The number of unbranched alkanes of at least 4 members (excludes halogenated alkanes) is 44. The fraction of sp³-hybridized carbons (Fsp3) is 0.943. The molecule has 4 unspecified atom stereocenters. The average Bonchev–Trinajstić information content (AvgIpc) is 0.952. The van der Waals surface area contributed by atoms with E-state index in [4.69, 9.17) is 38.3 Å². The molecule has 0 spiro atoms. The first-order valence-electron chi connectivity index (χ1n) is 53.9. The number of ether oxygens (including phenoxy) is 7. The summed E-state index contributed by atoms with van der Waals surface area (Å²) in [6.07, 6.45) is 73.1. The van der Waals surface area contributed by atoms with E-state index in [-0.39, 0.29) is 49.9 Å². The molecule has 0 saturated carbocycles. The van der Waals surface area contributed by atoms with Crippen molar-refractivity contribution in [1.29, 1.82) is 0 Å². The van der Waals surface area contributed by atoms with Crippen LogP contribution in [-0.2, 0) is 52.3 Å². The fourth-order valence-corrected chi connectivity index (χ4v) is 16.3. The Labute approximate surface area is 772 Å². The van der Waals surface area contributed by atoms with E-state index in [1.165, 1.54) is 244 Å². The van der Waals surface area contributed by atoms with Gasteiger partial charge in [-0.1, -0.05) is 378 Å². The quantitative estimate of drug-likeness (QED) is 0.0328. The number of carbonyl (C=O) groups is 6. The van der Waals surface area contributed by atoms with Crippen LogP contribution < -0.4 is 0 Å². The van der Waals surface area contributed by atoms with Crippen LogP contribution in [0.2, 0.25) is 0 Å². The summed E-state index contributed by atoms with van der Waals surface area (Å²) in [5.74, 6) is 0.210. The van der Waals surface area contributed by atoms with E-state index in [9.17, 15) is 33.9 Å². The van der Waals surface area contributed by atoms with Crippen molar-refractivity contribution in [3.63, 3.8) is 0 Å². The third kappa shape index (κ3) is 94.7. The predicted molar refractivity (Wildman–Crippen MR) is 526 cm³/mol. The van der Waals surface area contributed by atoms with Crippen molar-refractivity contribution in [2.45, 2.75) is 519 Å². The molecule has 0 radical (unpaired) electrons. The highest BCUT2D eigenvalue weighted by Gasteiger charge is 2.21. The van der Waals surface area contributed by atoms with Crippen molar-refractivity contribution in [3.05, 3.63) is 0 Å². The molecule has 0 aliphatic heterocycles. The molecule has 0 amide bonds. The molecule has 19 heteroatoms. The normalized spacial score (nSPS) is 12.4. The number of hydrogen-bond donors (Lipinski definition) is 2. The summed E-state index contributed by atoms with van der Waals surface area (Å²) in [5.41, 5.74) is 0. The number of aliphatic carboxylic acids is 1. The smallest absolute Gasteiger partial charge is 0.481 e. The summed E-state index contributed by atoms with van der Waals surface area (Å²) < 4.78 is 40.0. The standard InChI is InChI=1S/C53H104N2O7.C43H86N2O6.C10H20O2/c1-7-13-17-21-23-28-34-40-51(56)59-46-44-55(43-42-54(11-5)12-6)45-47-60-53(58)62-50(38-32-20-16-10-4)39-33-27-24-25-29-35-41-52(57)61-48-49(36-30-19-15-9-3)37-31-26-22-18-14-8-2;1-6-11-14-17-20-24-29-40(28-23-15-12-7-2)39-50-42(47)32-27-22-19-18-21-26-31-41(30-25-16-13-8-3)51-43(48)49-38-36-45(35-37-46)34-33-44(9-4)10-5;1-2-3-4-5-6-7-8-9-10(11)12/h49-50H,7-48H2,1-6H3;40-41,46H,6-39H2,1-5H3;2-9H2,1H3,(H,11,12). The van der Waals surface area contributed by atoms with E-state index in [1.54, 1.807) is 0 Å². The van der Waals surface area contributed by atoms with E-state index >= 15 is 0 Å². The molecular formula is C106H210N4O15. The fourth-order valence-electron chi connectivity index (χ4n) is 16.3. The predicted octanol–water partition coefficient (Wildman–Crippen LogP) is 29.1. The van der Waals surface area contributed by atoms with Crippen LogP contribution in [0, 0.1) is 11.8 Å². The summed E-state index contributed by atoms with van der Waals surface area (Å²) >= 11 is 0. The van der Waals surface area contributed by atoms with Gasteiger partial charge in [0.1, 0.15) is 32.0 Å². The van der Waals surface area contributed by atoms with Crippen molar-refractivity contribution in [2.24, 2.45) is 11.8 Å². The number of aliphatic hydroxyl groups excluding tert-OH is 1. The van der Waals surface area contributed by atoms with Crippen molar-refractivity contribution in [2.75, 3.05) is 118 Å². The zero-order valence-electron chi connectivity index (χ0n) is 84.7. The van der Waals surface area contributed by atoms with Crippen LogP contribution in [0.3, 0.4) is 0 Å². The molecule has 0 rings (SSSR count). The molecule has 744 valence electrons. The molecule has 0 fully saturated rings. The summed E-state index contributed by atoms with van der Waals surface area (Å²) in [6, 6.07) is 0. The maximum Gasteiger partial charge on any atom is 0.508 e. The lowest BCUT2D eigenvalue weighted by molar-refractivity contribution is -0.146. The van der Waals surface area contributed by atoms with Gasteiger partial charge in [0.25, 0.3) is 0 Å². The molecule has 0 aliphatic carbocycles. The van der Waals surface area contributed by atoms with E-state index in [0.717, 1.165) is 206 Å². The first-order valence-corrected chi connectivity index (χ1v) is 53.9. The van der Waals surface area contributed by atoms with E-state index in [2.05, 4.69) is 103 Å². The number of likely N-dealkylation sites (N-methyl/N-ethyl adjacent to an activating group) is 2. The zero-order valence-corrected chi connectivity index (χ0v) is 84.7. The first-order chi connectivity index (χ1) is 61.0. The van der Waals surface area contributed by atoms with Crippen LogP contribution >= 0.6 is 0 Å². The van der Waals surface area contributed by atoms with Crippen LogP contribution in [0.1, 0.15) is 507 Å². The summed E-state index contributed by atoms with van der Waals surface area (Å²) in [7, 11) is 0. The van der Waals surface area contributed by atoms with Crippen LogP contribution in [0.25, 0.3) is 0 Å². The second-order valence-electron chi connectivity index (χ2n) is 36.4. The molecule has 125 heavy (non-hydrogen) atoms. The molecule has 0 saturated heterocycles. The van der Waals surface area contributed by atoms with Crippen LogP contribution in [0.5, 0.6) is 0 Å². The number of hydrogen-bond acceptors (Lipinski definition) is 18. The maximum absolute atomic E-state index is 12.9. The van der Waals surface area contributed by atoms with Crippen molar-refractivity contribution in [3.8, 4) is 0 Å². The zero-order chi connectivity index (χ0) is 92.4. The van der Waals surface area contributed by atoms with Gasteiger partial charge in [-0.3, -0.25) is 29.0 Å². The highest BCUT2D eigenvalue weighted by atomic mass is 16.7. The van der Waals surface area contributed by atoms with Gasteiger partial charge in [-0.2, -0.15) is 0 Å². The van der Waals surface area contributed by atoms with Gasteiger partial charge in [0.15, 0.2) is 0 Å². The minimum atomic E-state index is -0.663. The highest BCUT2D eigenvalue weighted by Crippen LogP contribution is 2.25.